The molecule has 3 fully saturated rings. The molecule has 3 saturated heterocycles. The second kappa shape index (κ2) is 11.4. The summed E-state index contributed by atoms with van der Waals surface area (Å²) in [6.07, 6.45) is 5.96. The third kappa shape index (κ3) is 4.71. The molecular weight excluding hydrogens is 494 g/mol. The van der Waals surface area contributed by atoms with Gasteiger partial charge in [0, 0.05) is 33.3 Å². The Morgan fingerprint density at radius 1 is 1.19 bits per heavy atom. The van der Waals surface area contributed by atoms with Gasteiger partial charge >= 0.3 is 0 Å². The SMILES string of the molecule is C=CCN(C)C(=O)[C@@H]1[C@H]2C(=O)N(CCCCCO)C(C(=O)N(CC=C)c3ccccc3Cl)C23CC[C@H]1O3. The first kappa shape index (κ1) is 27.4. The zero-order valence-electron chi connectivity index (χ0n) is 21.4. The minimum Gasteiger partial charge on any atom is -0.396 e. The fraction of sp³-hybridized carbons (Fsp3) is 0.536. The molecule has 8 nitrogen and oxygen atoms in total. The molecule has 4 rings (SSSR count). The summed E-state index contributed by atoms with van der Waals surface area (Å²) in [5, 5.41) is 9.63. The molecule has 2 unspecified atom stereocenters. The van der Waals surface area contributed by atoms with E-state index in [1.807, 2.05) is 0 Å². The lowest BCUT2D eigenvalue weighted by Gasteiger charge is -2.37. The quantitative estimate of drug-likeness (QED) is 0.332. The van der Waals surface area contributed by atoms with Crippen molar-refractivity contribution in [2.75, 3.05) is 38.2 Å². The van der Waals surface area contributed by atoms with Crippen molar-refractivity contribution in [1.29, 1.82) is 0 Å². The third-order valence-electron chi connectivity index (χ3n) is 7.88. The molecule has 0 aromatic heterocycles. The number of rotatable bonds is 12. The van der Waals surface area contributed by atoms with Crippen LogP contribution >= 0.6 is 11.6 Å². The maximum atomic E-state index is 14.4. The number of halogens is 1. The maximum absolute atomic E-state index is 14.4. The van der Waals surface area contributed by atoms with Crippen LogP contribution in [0, 0.1) is 11.8 Å². The van der Waals surface area contributed by atoms with Gasteiger partial charge in [-0.25, -0.2) is 0 Å². The first-order chi connectivity index (χ1) is 17.8. The van der Waals surface area contributed by atoms with Crippen LogP contribution in [-0.2, 0) is 19.1 Å². The van der Waals surface area contributed by atoms with Crippen LogP contribution < -0.4 is 4.90 Å². The fourth-order valence-electron chi connectivity index (χ4n) is 6.32. The van der Waals surface area contributed by atoms with E-state index in [1.54, 1.807) is 58.2 Å². The van der Waals surface area contributed by atoms with Gasteiger partial charge in [-0.2, -0.15) is 0 Å². The second-order valence-corrected chi connectivity index (χ2v) is 10.5. The summed E-state index contributed by atoms with van der Waals surface area (Å²) in [4.78, 5) is 46.6. The topological polar surface area (TPSA) is 90.4 Å². The highest BCUT2D eigenvalue weighted by atomic mass is 35.5. The van der Waals surface area contributed by atoms with Crippen LogP contribution in [0.5, 0.6) is 0 Å². The zero-order chi connectivity index (χ0) is 26.7. The van der Waals surface area contributed by atoms with Crippen molar-refractivity contribution in [1.82, 2.24) is 9.80 Å². The molecule has 200 valence electrons. The number of fused-ring (bicyclic) bond motifs is 1. The van der Waals surface area contributed by atoms with Crippen molar-refractivity contribution in [2.45, 2.75) is 49.9 Å². The predicted octanol–water partition coefficient (Wildman–Crippen LogP) is 3.04. The van der Waals surface area contributed by atoms with Crippen LogP contribution in [0.4, 0.5) is 5.69 Å². The Labute approximate surface area is 223 Å². The molecule has 1 spiro atoms. The number of anilines is 1. The molecule has 9 heteroatoms. The summed E-state index contributed by atoms with van der Waals surface area (Å²) in [5.74, 6) is -2.04. The molecule has 1 aromatic rings. The van der Waals surface area contributed by atoms with E-state index in [4.69, 9.17) is 16.3 Å². The Morgan fingerprint density at radius 2 is 1.92 bits per heavy atom. The first-order valence-electron chi connectivity index (χ1n) is 12.9. The van der Waals surface area contributed by atoms with Crippen molar-refractivity contribution in [3.8, 4) is 0 Å². The average molecular weight is 530 g/mol. The van der Waals surface area contributed by atoms with Crippen LogP contribution in [-0.4, -0.2) is 83.7 Å². The molecule has 0 saturated carbocycles. The van der Waals surface area contributed by atoms with Gasteiger partial charge in [-0.3, -0.25) is 14.4 Å². The van der Waals surface area contributed by atoms with E-state index < -0.39 is 29.6 Å². The molecular formula is C28H36ClN3O5. The standard InChI is InChI=1S/C28H36ClN3O5/c1-4-15-30(3)25(34)22-21-13-14-28(37-21)23(22)26(35)32(17-9-6-10-18-33)24(28)27(36)31(16-5-2)20-12-8-7-11-19(20)29/h4-5,7-8,11-12,21-24,33H,1-2,6,9-10,13-18H2,3H3/t21-,22+,23+,24?,28?/m1/s1. The van der Waals surface area contributed by atoms with Gasteiger partial charge in [-0.05, 0) is 44.2 Å². The molecule has 1 N–H and O–H groups in total. The van der Waals surface area contributed by atoms with Crippen LogP contribution in [0.2, 0.25) is 5.02 Å². The maximum Gasteiger partial charge on any atom is 0.253 e. The number of aliphatic hydroxyl groups excluding tert-OH is 1. The summed E-state index contributed by atoms with van der Waals surface area (Å²) in [5.41, 5.74) is -0.543. The van der Waals surface area contributed by atoms with Crippen LogP contribution in [0.3, 0.4) is 0 Å². The van der Waals surface area contributed by atoms with E-state index in [-0.39, 0.29) is 30.9 Å². The van der Waals surface area contributed by atoms with Crippen molar-refractivity contribution in [2.24, 2.45) is 11.8 Å². The van der Waals surface area contributed by atoms with Crippen LogP contribution in [0.15, 0.2) is 49.6 Å². The number of hydrogen-bond donors (Lipinski definition) is 1. The molecule has 3 heterocycles. The van der Waals surface area contributed by atoms with Gasteiger partial charge in [0.05, 0.1) is 28.6 Å². The molecule has 3 aliphatic rings. The van der Waals surface area contributed by atoms with E-state index >= 15 is 0 Å². The lowest BCUT2D eigenvalue weighted by molar-refractivity contribution is -0.144. The highest BCUT2D eigenvalue weighted by molar-refractivity contribution is 6.34. The monoisotopic (exact) mass is 529 g/mol. The number of para-hydroxylation sites is 1. The number of carbonyl (C=O) groups excluding carboxylic acids is 3. The number of unbranched alkanes of at least 4 members (excludes halogenated alkanes) is 2. The smallest absolute Gasteiger partial charge is 0.253 e. The van der Waals surface area contributed by atoms with Gasteiger partial charge in [0.25, 0.3) is 5.91 Å². The largest absolute Gasteiger partial charge is 0.396 e. The first-order valence-corrected chi connectivity index (χ1v) is 13.3. The number of likely N-dealkylation sites (tertiary alicyclic amines) is 1. The van der Waals surface area contributed by atoms with E-state index in [9.17, 15) is 19.5 Å². The lowest BCUT2D eigenvalue weighted by Crippen LogP contribution is -2.56. The van der Waals surface area contributed by atoms with Crippen LogP contribution in [0.1, 0.15) is 32.1 Å². The molecule has 2 bridgehead atoms. The van der Waals surface area contributed by atoms with Gasteiger partial charge in [0.15, 0.2) is 0 Å². The Bertz CT molecular complexity index is 1060. The van der Waals surface area contributed by atoms with Gasteiger partial charge < -0.3 is 24.5 Å². The number of nitrogens with zero attached hydrogens (tertiary/aromatic N) is 3. The van der Waals surface area contributed by atoms with Crippen LogP contribution in [0.25, 0.3) is 0 Å². The number of hydrogen-bond acceptors (Lipinski definition) is 5. The van der Waals surface area contributed by atoms with Gasteiger partial charge in [-0.1, -0.05) is 35.9 Å². The van der Waals surface area contributed by atoms with Crippen molar-refractivity contribution in [3.63, 3.8) is 0 Å². The molecule has 37 heavy (non-hydrogen) atoms. The van der Waals surface area contributed by atoms with E-state index in [0.717, 1.165) is 0 Å². The van der Waals surface area contributed by atoms with Gasteiger partial charge in [-0.15, -0.1) is 13.2 Å². The highest BCUT2D eigenvalue weighted by Crippen LogP contribution is 2.59. The van der Waals surface area contributed by atoms with E-state index in [2.05, 4.69) is 13.2 Å². The minimum absolute atomic E-state index is 0.0689. The lowest BCUT2D eigenvalue weighted by atomic mass is 9.70. The minimum atomic E-state index is -1.08. The van der Waals surface area contributed by atoms with E-state index in [1.165, 1.54) is 0 Å². The van der Waals surface area contributed by atoms with Crippen molar-refractivity contribution >= 4 is 35.0 Å². The van der Waals surface area contributed by atoms with Gasteiger partial charge in [0.1, 0.15) is 11.6 Å². The fourth-order valence-corrected chi connectivity index (χ4v) is 6.56. The number of likely N-dealkylation sites (N-methyl/N-ethyl adjacent to an activating group) is 1. The Balaban J connectivity index is 1.74. The Kier molecular flexibility index (Phi) is 8.41. The molecule has 3 aliphatic heterocycles. The summed E-state index contributed by atoms with van der Waals surface area (Å²) in [6.45, 7) is 8.53. The molecule has 5 atom stereocenters. The Morgan fingerprint density at radius 3 is 2.59 bits per heavy atom. The summed E-state index contributed by atoms with van der Waals surface area (Å²) in [6, 6.07) is 6.20. The van der Waals surface area contributed by atoms with E-state index in [0.29, 0.717) is 55.9 Å². The summed E-state index contributed by atoms with van der Waals surface area (Å²) >= 11 is 6.48. The van der Waals surface area contributed by atoms with Gasteiger partial charge in [0.2, 0.25) is 11.8 Å². The molecule has 3 amide bonds. The zero-order valence-corrected chi connectivity index (χ0v) is 22.1. The molecule has 0 aliphatic carbocycles. The predicted molar refractivity (Wildman–Crippen MR) is 142 cm³/mol. The summed E-state index contributed by atoms with van der Waals surface area (Å²) in [7, 11) is 1.70. The number of carbonyl (C=O) groups is 3. The number of ether oxygens (including phenoxy) is 1. The number of benzene rings is 1. The summed E-state index contributed by atoms with van der Waals surface area (Å²) < 4.78 is 6.52. The third-order valence-corrected chi connectivity index (χ3v) is 8.20. The molecule has 1 aromatic carbocycles. The molecule has 0 radical (unpaired) electrons. The Hall–Kier alpha value is -2.68. The van der Waals surface area contributed by atoms with Crippen molar-refractivity contribution in [3.05, 3.63) is 54.6 Å². The number of amides is 3. The highest BCUT2D eigenvalue weighted by Gasteiger charge is 2.74. The normalized spacial score (nSPS) is 27.8. The average Bonchev–Trinajstić information content (AvgIpc) is 3.52. The van der Waals surface area contributed by atoms with Crippen molar-refractivity contribution < 1.29 is 24.2 Å². The second-order valence-electron chi connectivity index (χ2n) is 10.1. The number of aliphatic hydroxyl groups is 1.